The molecule has 0 fully saturated rings. The lowest BCUT2D eigenvalue weighted by Gasteiger charge is -2.30. The number of hydrogen-bond donors (Lipinski definition) is 2. The van der Waals surface area contributed by atoms with E-state index in [9.17, 15) is 0 Å². The monoisotopic (exact) mass is 290 g/mol. The van der Waals surface area contributed by atoms with E-state index in [4.69, 9.17) is 5.73 Å². The van der Waals surface area contributed by atoms with Crippen LogP contribution in [0.15, 0.2) is 24.3 Å². The van der Waals surface area contributed by atoms with Crippen LogP contribution in [0.25, 0.3) is 10.9 Å². The van der Waals surface area contributed by atoms with Crippen molar-refractivity contribution in [2.24, 2.45) is 0 Å². The zero-order valence-corrected chi connectivity index (χ0v) is 13.1. The van der Waals surface area contributed by atoms with Gasteiger partial charge in [0.2, 0.25) is 5.95 Å². The molecule has 0 spiro atoms. The van der Waals surface area contributed by atoms with E-state index in [-0.39, 0.29) is 4.75 Å². The van der Waals surface area contributed by atoms with E-state index >= 15 is 0 Å². The van der Waals surface area contributed by atoms with Crippen LogP contribution in [0.1, 0.15) is 26.7 Å². The number of nitrogens with two attached hydrogens (primary N) is 1. The van der Waals surface area contributed by atoms with Crippen LogP contribution in [0.5, 0.6) is 0 Å². The normalized spacial score (nSPS) is 11.8. The summed E-state index contributed by atoms with van der Waals surface area (Å²) in [7, 11) is 0. The Morgan fingerprint density at radius 2 is 1.90 bits per heavy atom. The van der Waals surface area contributed by atoms with Gasteiger partial charge in [0.05, 0.1) is 5.52 Å². The Labute approximate surface area is 124 Å². The van der Waals surface area contributed by atoms with Crippen LogP contribution in [0.2, 0.25) is 0 Å². The fourth-order valence-corrected chi connectivity index (χ4v) is 3.13. The number of rotatable bonds is 6. The number of aromatic nitrogens is 2. The predicted octanol–water partition coefficient (Wildman–Crippen LogP) is 3.55. The SMILES string of the molecule is CCC(CC)(CNc1nc(N)nc2ccccc12)SC. The van der Waals surface area contributed by atoms with Crippen LogP contribution in [-0.4, -0.2) is 27.5 Å². The summed E-state index contributed by atoms with van der Waals surface area (Å²) >= 11 is 1.91. The molecule has 0 saturated heterocycles. The van der Waals surface area contributed by atoms with Gasteiger partial charge in [-0.1, -0.05) is 26.0 Å². The van der Waals surface area contributed by atoms with Crippen molar-refractivity contribution in [2.45, 2.75) is 31.4 Å². The summed E-state index contributed by atoms with van der Waals surface area (Å²) in [5.74, 6) is 1.14. The van der Waals surface area contributed by atoms with Gasteiger partial charge in [0.15, 0.2) is 0 Å². The van der Waals surface area contributed by atoms with Crippen LogP contribution in [0.3, 0.4) is 0 Å². The van der Waals surface area contributed by atoms with Gasteiger partial charge in [-0.05, 0) is 31.2 Å². The van der Waals surface area contributed by atoms with Crippen molar-refractivity contribution in [3.05, 3.63) is 24.3 Å². The Morgan fingerprint density at radius 1 is 1.20 bits per heavy atom. The Hall–Kier alpha value is -1.49. The number of nitrogens with zero attached hydrogens (tertiary/aromatic N) is 2. The first kappa shape index (κ1) is 14.9. The smallest absolute Gasteiger partial charge is 0.222 e. The molecule has 108 valence electrons. The first-order valence-electron chi connectivity index (χ1n) is 6.95. The summed E-state index contributed by atoms with van der Waals surface area (Å²) in [6.07, 6.45) is 4.41. The van der Waals surface area contributed by atoms with Crippen LogP contribution < -0.4 is 11.1 Å². The van der Waals surface area contributed by atoms with Crippen LogP contribution >= 0.6 is 11.8 Å². The van der Waals surface area contributed by atoms with Gasteiger partial charge in [0.25, 0.3) is 0 Å². The van der Waals surface area contributed by atoms with E-state index < -0.39 is 0 Å². The van der Waals surface area contributed by atoms with Crippen molar-refractivity contribution in [3.8, 4) is 0 Å². The van der Waals surface area contributed by atoms with Crippen LogP contribution in [-0.2, 0) is 0 Å². The molecule has 0 aliphatic carbocycles. The average molecular weight is 290 g/mol. The molecule has 0 unspecified atom stereocenters. The number of hydrogen-bond acceptors (Lipinski definition) is 5. The van der Waals surface area contributed by atoms with Crippen molar-refractivity contribution in [1.29, 1.82) is 0 Å². The first-order valence-corrected chi connectivity index (χ1v) is 8.18. The fourth-order valence-electron chi connectivity index (χ4n) is 2.33. The lowest BCUT2D eigenvalue weighted by Crippen LogP contribution is -2.32. The van der Waals surface area contributed by atoms with Crippen molar-refractivity contribution in [1.82, 2.24) is 9.97 Å². The summed E-state index contributed by atoms with van der Waals surface area (Å²) in [5, 5.41) is 4.49. The molecule has 5 heteroatoms. The van der Waals surface area contributed by atoms with E-state index in [2.05, 4.69) is 35.4 Å². The number of benzene rings is 1. The predicted molar refractivity (Wildman–Crippen MR) is 89.3 cm³/mol. The summed E-state index contributed by atoms with van der Waals surface area (Å²) in [5.41, 5.74) is 6.67. The largest absolute Gasteiger partial charge is 0.368 e. The van der Waals surface area contributed by atoms with Gasteiger partial charge in [-0.3, -0.25) is 0 Å². The molecular weight excluding hydrogens is 268 g/mol. The maximum absolute atomic E-state index is 5.79. The molecule has 2 aromatic rings. The molecule has 0 aliphatic heterocycles. The van der Waals surface area contributed by atoms with Crippen LogP contribution in [0, 0.1) is 0 Å². The lowest BCUT2D eigenvalue weighted by molar-refractivity contribution is 0.574. The molecule has 20 heavy (non-hydrogen) atoms. The zero-order valence-electron chi connectivity index (χ0n) is 12.3. The summed E-state index contributed by atoms with van der Waals surface area (Å²) in [4.78, 5) is 8.62. The van der Waals surface area contributed by atoms with E-state index in [0.29, 0.717) is 5.95 Å². The third-order valence-electron chi connectivity index (χ3n) is 3.92. The van der Waals surface area contributed by atoms with Crippen molar-refractivity contribution < 1.29 is 0 Å². The van der Waals surface area contributed by atoms with Crippen molar-refractivity contribution in [3.63, 3.8) is 0 Å². The molecule has 0 atom stereocenters. The molecule has 0 aliphatic rings. The molecule has 3 N–H and O–H groups in total. The van der Waals surface area contributed by atoms with E-state index in [1.54, 1.807) is 0 Å². The molecule has 1 aromatic carbocycles. The highest BCUT2D eigenvalue weighted by Crippen LogP contribution is 2.31. The Kier molecular flexibility index (Phi) is 4.70. The molecule has 0 amide bonds. The summed E-state index contributed by atoms with van der Waals surface area (Å²) < 4.78 is 0.237. The standard InChI is InChI=1S/C15H22N4S/c1-4-15(5-2,20-3)10-17-13-11-8-6-7-9-12(11)18-14(16)19-13/h6-9H,4-5,10H2,1-3H3,(H3,16,17,18,19). The topological polar surface area (TPSA) is 63.8 Å². The number of para-hydroxylation sites is 1. The second-order valence-corrected chi connectivity index (χ2v) is 6.17. The van der Waals surface area contributed by atoms with Gasteiger partial charge in [-0.25, -0.2) is 4.98 Å². The highest BCUT2D eigenvalue weighted by molar-refractivity contribution is 8.00. The van der Waals surface area contributed by atoms with Crippen molar-refractivity contribution >= 4 is 34.4 Å². The maximum Gasteiger partial charge on any atom is 0.222 e. The van der Waals surface area contributed by atoms with Crippen LogP contribution in [0.4, 0.5) is 11.8 Å². The second-order valence-electron chi connectivity index (χ2n) is 4.90. The average Bonchev–Trinajstić information content (AvgIpc) is 2.49. The first-order chi connectivity index (χ1) is 9.64. The number of anilines is 2. The minimum absolute atomic E-state index is 0.237. The fraction of sp³-hybridized carbons (Fsp3) is 0.467. The van der Waals surface area contributed by atoms with Gasteiger partial charge < -0.3 is 11.1 Å². The molecule has 0 saturated carbocycles. The molecule has 1 heterocycles. The number of fused-ring (bicyclic) bond motifs is 1. The van der Waals surface area contributed by atoms with Gasteiger partial charge >= 0.3 is 0 Å². The number of thioether (sulfide) groups is 1. The van der Waals surface area contributed by atoms with E-state index in [1.807, 2.05) is 36.0 Å². The number of nitrogens with one attached hydrogen (secondary N) is 1. The van der Waals surface area contributed by atoms with Gasteiger partial charge in [0.1, 0.15) is 5.82 Å². The molecule has 1 aromatic heterocycles. The molecule has 2 rings (SSSR count). The zero-order chi connectivity index (χ0) is 14.6. The summed E-state index contributed by atoms with van der Waals surface area (Å²) in [6, 6.07) is 7.94. The Morgan fingerprint density at radius 3 is 2.55 bits per heavy atom. The molecule has 4 nitrogen and oxygen atoms in total. The second kappa shape index (κ2) is 6.31. The molecule has 0 radical (unpaired) electrons. The minimum atomic E-state index is 0.237. The van der Waals surface area contributed by atoms with Gasteiger partial charge in [0, 0.05) is 16.7 Å². The third kappa shape index (κ3) is 2.98. The van der Waals surface area contributed by atoms with Gasteiger partial charge in [-0.2, -0.15) is 16.7 Å². The maximum atomic E-state index is 5.79. The summed E-state index contributed by atoms with van der Waals surface area (Å²) in [6.45, 7) is 5.34. The highest BCUT2D eigenvalue weighted by atomic mass is 32.2. The Bertz CT molecular complexity index is 573. The van der Waals surface area contributed by atoms with E-state index in [0.717, 1.165) is 36.1 Å². The Balaban J connectivity index is 2.30. The van der Waals surface area contributed by atoms with Crippen molar-refractivity contribution in [2.75, 3.05) is 23.9 Å². The quantitative estimate of drug-likeness (QED) is 0.852. The lowest BCUT2D eigenvalue weighted by atomic mass is 10.0. The minimum Gasteiger partial charge on any atom is -0.368 e. The van der Waals surface area contributed by atoms with Gasteiger partial charge in [-0.15, -0.1) is 0 Å². The number of nitrogen functional groups attached to an aromatic ring is 1. The third-order valence-corrected chi connectivity index (χ3v) is 5.51. The van der Waals surface area contributed by atoms with E-state index in [1.165, 1.54) is 0 Å². The highest BCUT2D eigenvalue weighted by Gasteiger charge is 2.25. The molecule has 0 bridgehead atoms. The molecular formula is C15H22N4S.